The Kier molecular flexibility index (Phi) is 5.73. The summed E-state index contributed by atoms with van der Waals surface area (Å²) in [5.41, 5.74) is 9.62. The molecule has 3 aromatic carbocycles. The molecule has 0 atom stereocenters. The highest BCUT2D eigenvalue weighted by Gasteiger charge is 2.17. The summed E-state index contributed by atoms with van der Waals surface area (Å²) >= 11 is 12.1. The molecule has 3 N–H and O–H groups in total. The standard InChI is InChI=1S/C24H18Cl2N4O3S/c25-21-10-3-16(13-22(21)26)15-1-8-19(9-2-15)34(31,32)29-17-4-6-18(7-5-17)30-14-28-24-20(23(30)27)11-12-33-24/h1-13,29H,14,27H2. The fourth-order valence-electron chi connectivity index (χ4n) is 3.62. The van der Waals surface area contributed by atoms with Gasteiger partial charge in [-0.25, -0.2) is 13.4 Å². The second-order valence-corrected chi connectivity index (χ2v) is 10.1. The van der Waals surface area contributed by atoms with Crippen LogP contribution < -0.4 is 26.1 Å². The van der Waals surface area contributed by atoms with E-state index in [1.54, 1.807) is 73.0 Å². The van der Waals surface area contributed by atoms with Crippen molar-refractivity contribution in [2.45, 2.75) is 4.90 Å². The van der Waals surface area contributed by atoms with Gasteiger partial charge in [-0.15, -0.1) is 0 Å². The van der Waals surface area contributed by atoms with Crippen molar-refractivity contribution in [1.82, 2.24) is 0 Å². The Hall–Kier alpha value is -3.46. The average Bonchev–Trinajstić information content (AvgIpc) is 3.32. The number of nitrogens with zero attached hydrogens (tertiary/aromatic N) is 2. The molecule has 0 fully saturated rings. The lowest BCUT2D eigenvalue weighted by atomic mass is 10.1. The smallest absolute Gasteiger partial charge is 0.261 e. The van der Waals surface area contributed by atoms with Crippen molar-refractivity contribution in [3.05, 3.63) is 99.9 Å². The van der Waals surface area contributed by atoms with Crippen LogP contribution in [0.4, 0.5) is 11.4 Å². The Balaban J connectivity index is 1.33. The Bertz CT molecular complexity index is 1600. The summed E-state index contributed by atoms with van der Waals surface area (Å²) in [6.45, 7) is 0.308. The molecule has 0 amide bonds. The van der Waals surface area contributed by atoms with Crippen LogP contribution in [0.2, 0.25) is 10.0 Å². The molecule has 172 valence electrons. The van der Waals surface area contributed by atoms with Crippen molar-refractivity contribution < 1.29 is 12.8 Å². The van der Waals surface area contributed by atoms with E-state index in [1.165, 1.54) is 0 Å². The van der Waals surface area contributed by atoms with Gasteiger partial charge in [-0.2, -0.15) is 0 Å². The van der Waals surface area contributed by atoms with Gasteiger partial charge in [0, 0.05) is 11.4 Å². The average molecular weight is 513 g/mol. The third kappa shape index (κ3) is 4.23. The van der Waals surface area contributed by atoms with Gasteiger partial charge in [0.05, 0.1) is 26.4 Å². The van der Waals surface area contributed by atoms with Crippen LogP contribution in [0.15, 0.2) is 93.4 Å². The summed E-state index contributed by atoms with van der Waals surface area (Å²) in [6, 6.07) is 20.5. The first kappa shape index (κ1) is 22.3. The van der Waals surface area contributed by atoms with Crippen LogP contribution in [0.1, 0.15) is 0 Å². The van der Waals surface area contributed by atoms with Crippen LogP contribution in [-0.4, -0.2) is 15.1 Å². The van der Waals surface area contributed by atoms with Crippen LogP contribution in [0.5, 0.6) is 0 Å². The maximum Gasteiger partial charge on any atom is 0.261 e. The molecule has 0 aliphatic carbocycles. The number of anilines is 2. The second kappa shape index (κ2) is 8.72. The predicted octanol–water partition coefficient (Wildman–Crippen LogP) is 4.18. The van der Waals surface area contributed by atoms with E-state index in [9.17, 15) is 8.42 Å². The van der Waals surface area contributed by atoms with E-state index >= 15 is 0 Å². The van der Waals surface area contributed by atoms with Crippen molar-refractivity contribution in [3.8, 4) is 11.1 Å². The van der Waals surface area contributed by atoms with Gasteiger partial charge in [0.15, 0.2) is 0 Å². The van der Waals surface area contributed by atoms with Crippen LogP contribution in [0, 0.1) is 0 Å². The van der Waals surface area contributed by atoms with Gasteiger partial charge in [0.25, 0.3) is 10.0 Å². The maximum atomic E-state index is 12.9. The molecule has 34 heavy (non-hydrogen) atoms. The molecule has 0 unspecified atom stereocenters. The molecule has 1 aromatic heterocycles. The van der Waals surface area contributed by atoms with Crippen molar-refractivity contribution in [1.29, 1.82) is 0 Å². The Morgan fingerprint density at radius 3 is 2.32 bits per heavy atom. The molecule has 0 spiro atoms. The molecule has 5 rings (SSSR count). The van der Waals surface area contributed by atoms with E-state index in [0.29, 0.717) is 33.8 Å². The number of fused-ring (bicyclic) bond motifs is 1. The number of hydrogen-bond donors (Lipinski definition) is 2. The van der Waals surface area contributed by atoms with E-state index in [2.05, 4.69) is 9.71 Å². The van der Waals surface area contributed by atoms with Gasteiger partial charge in [-0.1, -0.05) is 41.4 Å². The fraction of sp³-hybridized carbons (Fsp3) is 0.0417. The number of nitrogens with two attached hydrogens (primary N) is 1. The minimum absolute atomic E-state index is 0.139. The van der Waals surface area contributed by atoms with Gasteiger partial charge >= 0.3 is 0 Å². The van der Waals surface area contributed by atoms with Crippen molar-refractivity contribution >= 4 is 50.4 Å². The molecule has 4 aromatic rings. The normalized spacial score (nSPS) is 13.4. The van der Waals surface area contributed by atoms with E-state index in [4.69, 9.17) is 33.4 Å². The van der Waals surface area contributed by atoms with E-state index < -0.39 is 10.0 Å². The summed E-state index contributed by atoms with van der Waals surface area (Å²) in [7, 11) is -3.78. The van der Waals surface area contributed by atoms with E-state index in [-0.39, 0.29) is 4.90 Å². The predicted molar refractivity (Wildman–Crippen MR) is 134 cm³/mol. The Morgan fingerprint density at radius 1 is 0.912 bits per heavy atom. The summed E-state index contributed by atoms with van der Waals surface area (Å²) in [5.74, 6) is 0.522. The number of rotatable bonds is 5. The first-order valence-corrected chi connectivity index (χ1v) is 12.4. The number of halogens is 2. The topological polar surface area (TPSA) is 101 Å². The third-order valence-electron chi connectivity index (χ3n) is 5.42. The molecular weight excluding hydrogens is 495 g/mol. The number of nitrogens with one attached hydrogen (secondary N) is 1. The molecule has 0 bridgehead atoms. The highest BCUT2D eigenvalue weighted by Crippen LogP contribution is 2.29. The van der Waals surface area contributed by atoms with E-state index in [1.807, 2.05) is 11.0 Å². The van der Waals surface area contributed by atoms with Crippen molar-refractivity contribution in [2.24, 2.45) is 10.7 Å². The lowest BCUT2D eigenvalue weighted by molar-refractivity contribution is 0.500. The molecule has 0 saturated carbocycles. The van der Waals surface area contributed by atoms with Crippen LogP contribution >= 0.6 is 23.2 Å². The largest absolute Gasteiger partial charge is 0.446 e. The molecule has 10 heteroatoms. The molecule has 1 aliphatic heterocycles. The van der Waals surface area contributed by atoms with Gasteiger partial charge in [0.1, 0.15) is 12.5 Å². The first-order chi connectivity index (χ1) is 16.3. The molecule has 1 aliphatic rings. The Labute approximate surface area is 205 Å². The molecular formula is C24H18Cl2N4O3S. The number of benzene rings is 3. The molecule has 2 heterocycles. The fourth-order valence-corrected chi connectivity index (χ4v) is 4.98. The van der Waals surface area contributed by atoms with Crippen molar-refractivity contribution in [2.75, 3.05) is 16.3 Å². The minimum Gasteiger partial charge on any atom is -0.446 e. The SMILES string of the molecule is NC1=c2ccoc2=NCN1c1ccc(NS(=O)(=O)c2ccc(-c3ccc(Cl)c(Cl)c3)cc2)cc1. The summed E-state index contributed by atoms with van der Waals surface area (Å²) in [6.07, 6.45) is 1.54. The lowest BCUT2D eigenvalue weighted by Gasteiger charge is -2.24. The summed E-state index contributed by atoms with van der Waals surface area (Å²) in [5, 5.41) is 1.62. The third-order valence-corrected chi connectivity index (χ3v) is 7.55. The summed E-state index contributed by atoms with van der Waals surface area (Å²) < 4.78 is 33.7. The van der Waals surface area contributed by atoms with Crippen LogP contribution in [0.3, 0.4) is 0 Å². The van der Waals surface area contributed by atoms with Gasteiger partial charge in [-0.3, -0.25) is 4.72 Å². The quantitative estimate of drug-likeness (QED) is 0.417. The highest BCUT2D eigenvalue weighted by atomic mass is 35.5. The molecule has 0 saturated heterocycles. The first-order valence-electron chi connectivity index (χ1n) is 10.2. The highest BCUT2D eigenvalue weighted by molar-refractivity contribution is 7.92. The zero-order valence-electron chi connectivity index (χ0n) is 17.6. The minimum atomic E-state index is -3.78. The second-order valence-electron chi connectivity index (χ2n) is 7.56. The monoisotopic (exact) mass is 512 g/mol. The molecule has 0 radical (unpaired) electrons. The van der Waals surface area contributed by atoms with Crippen molar-refractivity contribution in [3.63, 3.8) is 0 Å². The number of furan rings is 1. The van der Waals surface area contributed by atoms with Gasteiger partial charge in [0.2, 0.25) is 5.55 Å². The molecule has 7 nitrogen and oxygen atoms in total. The summed E-state index contributed by atoms with van der Waals surface area (Å²) in [4.78, 5) is 6.31. The number of sulfonamides is 1. The van der Waals surface area contributed by atoms with E-state index in [0.717, 1.165) is 22.0 Å². The van der Waals surface area contributed by atoms with Crippen LogP contribution in [-0.2, 0) is 10.0 Å². The van der Waals surface area contributed by atoms with Gasteiger partial charge in [-0.05, 0) is 65.7 Å². The zero-order chi connectivity index (χ0) is 23.9. The zero-order valence-corrected chi connectivity index (χ0v) is 19.9. The number of hydrogen-bond acceptors (Lipinski definition) is 6. The van der Waals surface area contributed by atoms with Crippen LogP contribution in [0.25, 0.3) is 16.9 Å². The maximum absolute atomic E-state index is 12.9. The lowest BCUT2D eigenvalue weighted by Crippen LogP contribution is -2.42. The Morgan fingerprint density at radius 2 is 1.62 bits per heavy atom. The van der Waals surface area contributed by atoms with Gasteiger partial charge < -0.3 is 15.1 Å².